The van der Waals surface area contributed by atoms with Crippen LogP contribution in [0.25, 0.3) is 0 Å². The van der Waals surface area contributed by atoms with Crippen molar-refractivity contribution in [2.24, 2.45) is 0 Å². The number of nitrogens with one attached hydrogen (secondary N) is 2. The van der Waals surface area contributed by atoms with E-state index in [0.29, 0.717) is 6.54 Å². The van der Waals surface area contributed by atoms with Crippen LogP contribution in [-0.4, -0.2) is 58.1 Å². The summed E-state index contributed by atoms with van der Waals surface area (Å²) in [7, 11) is 1.67. The largest absolute Gasteiger partial charge is 0.480 e. The Hall–Kier alpha value is -2.86. The molecule has 0 spiro atoms. The number of H-pyrrole nitrogens is 1. The van der Waals surface area contributed by atoms with E-state index in [1.807, 2.05) is 0 Å². The lowest BCUT2D eigenvalue weighted by atomic mass is 10.3. The van der Waals surface area contributed by atoms with E-state index in [-0.39, 0.29) is 18.7 Å². The second-order valence-corrected chi connectivity index (χ2v) is 4.62. The van der Waals surface area contributed by atoms with Gasteiger partial charge in [0.25, 0.3) is 5.56 Å². The molecule has 0 aromatic carbocycles. The molecule has 0 saturated carbocycles. The standard InChI is InChI=1S/C14H18N4O5/c1-3-4-10-7-18(14(23)16-13(10)22)8-11(19)17(6-5-15-2)9-12(20)21/h7,15H,5-6,8-9H2,1-2H3,(H,20,21)(H,16,22,23). The molecule has 0 radical (unpaired) electrons. The Morgan fingerprint density at radius 1 is 1.43 bits per heavy atom. The highest BCUT2D eigenvalue weighted by molar-refractivity contribution is 5.81. The van der Waals surface area contributed by atoms with Crippen molar-refractivity contribution in [3.63, 3.8) is 0 Å². The van der Waals surface area contributed by atoms with Crippen molar-refractivity contribution >= 4 is 11.9 Å². The molecular formula is C14H18N4O5. The van der Waals surface area contributed by atoms with E-state index >= 15 is 0 Å². The number of carboxylic acids is 1. The van der Waals surface area contributed by atoms with Crippen molar-refractivity contribution in [1.29, 1.82) is 0 Å². The zero-order valence-electron chi connectivity index (χ0n) is 12.9. The predicted molar refractivity (Wildman–Crippen MR) is 82.0 cm³/mol. The van der Waals surface area contributed by atoms with Gasteiger partial charge in [-0.2, -0.15) is 0 Å². The van der Waals surface area contributed by atoms with Crippen molar-refractivity contribution in [2.75, 3.05) is 26.7 Å². The van der Waals surface area contributed by atoms with Crippen LogP contribution in [0.15, 0.2) is 15.8 Å². The number of hydrogen-bond acceptors (Lipinski definition) is 5. The fraction of sp³-hybridized carbons (Fsp3) is 0.429. The Morgan fingerprint density at radius 3 is 2.70 bits per heavy atom. The monoisotopic (exact) mass is 322 g/mol. The molecule has 0 bridgehead atoms. The van der Waals surface area contributed by atoms with Gasteiger partial charge in [-0.3, -0.25) is 23.9 Å². The normalized spacial score (nSPS) is 9.83. The molecule has 9 heteroatoms. The number of amides is 1. The van der Waals surface area contributed by atoms with Gasteiger partial charge in [0.2, 0.25) is 5.91 Å². The van der Waals surface area contributed by atoms with Gasteiger partial charge in [0.1, 0.15) is 18.7 Å². The highest BCUT2D eigenvalue weighted by Crippen LogP contribution is 1.94. The Labute approximate surface area is 131 Å². The maximum Gasteiger partial charge on any atom is 0.328 e. The van der Waals surface area contributed by atoms with Crippen LogP contribution in [0, 0.1) is 11.8 Å². The number of likely N-dealkylation sites (N-methyl/N-ethyl adjacent to an activating group) is 1. The Kier molecular flexibility index (Phi) is 6.76. The number of carbonyl (C=O) groups excluding carboxylic acids is 1. The molecule has 1 heterocycles. The van der Waals surface area contributed by atoms with Crippen LogP contribution in [0.5, 0.6) is 0 Å². The maximum absolute atomic E-state index is 12.2. The fourth-order valence-corrected chi connectivity index (χ4v) is 1.80. The number of nitrogens with zero attached hydrogens (tertiary/aromatic N) is 2. The number of hydrogen-bond donors (Lipinski definition) is 3. The van der Waals surface area contributed by atoms with Gasteiger partial charge < -0.3 is 15.3 Å². The summed E-state index contributed by atoms with van der Waals surface area (Å²) in [6, 6.07) is 0. The van der Waals surface area contributed by atoms with Crippen LogP contribution in [0.3, 0.4) is 0 Å². The quantitative estimate of drug-likeness (QED) is 0.501. The third-order valence-corrected chi connectivity index (χ3v) is 2.89. The molecule has 0 saturated heterocycles. The Morgan fingerprint density at radius 2 is 2.13 bits per heavy atom. The summed E-state index contributed by atoms with van der Waals surface area (Å²) < 4.78 is 0.998. The van der Waals surface area contributed by atoms with Crippen molar-refractivity contribution in [2.45, 2.75) is 13.5 Å². The van der Waals surface area contributed by atoms with E-state index in [1.54, 1.807) is 7.05 Å². The highest BCUT2D eigenvalue weighted by atomic mass is 16.4. The molecule has 0 aliphatic heterocycles. The number of carbonyl (C=O) groups is 2. The van der Waals surface area contributed by atoms with Crippen molar-refractivity contribution in [3.05, 3.63) is 32.6 Å². The molecule has 0 aliphatic carbocycles. The Balaban J connectivity index is 3.03. The third kappa shape index (κ3) is 5.44. The minimum atomic E-state index is -1.15. The second kappa shape index (κ2) is 8.55. The molecule has 1 rings (SSSR count). The number of aromatic amines is 1. The second-order valence-electron chi connectivity index (χ2n) is 4.62. The lowest BCUT2D eigenvalue weighted by Crippen LogP contribution is -2.43. The number of carboxylic acid groups (broad SMARTS) is 1. The molecule has 1 amide bonds. The molecule has 1 aromatic rings. The lowest BCUT2D eigenvalue weighted by molar-refractivity contribution is -0.144. The average Bonchev–Trinajstić information content (AvgIpc) is 2.48. The molecule has 3 N–H and O–H groups in total. The van der Waals surface area contributed by atoms with Crippen LogP contribution in [0.1, 0.15) is 12.5 Å². The summed E-state index contributed by atoms with van der Waals surface area (Å²) >= 11 is 0. The topological polar surface area (TPSA) is 124 Å². The van der Waals surface area contributed by atoms with Crippen molar-refractivity contribution in [3.8, 4) is 11.8 Å². The molecule has 0 aliphatic rings. The van der Waals surface area contributed by atoms with E-state index in [9.17, 15) is 19.2 Å². The first-order chi connectivity index (χ1) is 10.9. The molecule has 124 valence electrons. The van der Waals surface area contributed by atoms with E-state index in [0.717, 1.165) is 9.47 Å². The van der Waals surface area contributed by atoms with Gasteiger partial charge in [0.05, 0.1) is 0 Å². The van der Waals surface area contributed by atoms with Crippen LogP contribution < -0.4 is 16.6 Å². The van der Waals surface area contributed by atoms with Gasteiger partial charge in [0, 0.05) is 19.3 Å². The molecule has 0 fully saturated rings. The average molecular weight is 322 g/mol. The van der Waals surface area contributed by atoms with Gasteiger partial charge in [-0.15, -0.1) is 5.92 Å². The fourth-order valence-electron chi connectivity index (χ4n) is 1.80. The van der Waals surface area contributed by atoms with Gasteiger partial charge in [-0.05, 0) is 14.0 Å². The lowest BCUT2D eigenvalue weighted by Gasteiger charge is -2.20. The summed E-state index contributed by atoms with van der Waals surface area (Å²) in [5.74, 6) is 3.36. The first-order valence-corrected chi connectivity index (χ1v) is 6.79. The molecule has 0 unspecified atom stereocenters. The van der Waals surface area contributed by atoms with Crippen LogP contribution >= 0.6 is 0 Å². The van der Waals surface area contributed by atoms with Crippen LogP contribution in [0.4, 0.5) is 0 Å². The number of aromatic nitrogens is 2. The molecular weight excluding hydrogens is 304 g/mol. The first kappa shape index (κ1) is 18.2. The minimum Gasteiger partial charge on any atom is -0.480 e. The number of aliphatic carboxylic acids is 1. The molecule has 0 atom stereocenters. The Bertz CT molecular complexity index is 753. The summed E-state index contributed by atoms with van der Waals surface area (Å²) in [5.41, 5.74) is -1.33. The van der Waals surface area contributed by atoms with Gasteiger partial charge in [-0.1, -0.05) is 5.92 Å². The van der Waals surface area contributed by atoms with Crippen LogP contribution in [-0.2, 0) is 16.1 Å². The minimum absolute atomic E-state index is 0.0555. The summed E-state index contributed by atoms with van der Waals surface area (Å²) in [5, 5.41) is 11.7. The van der Waals surface area contributed by atoms with Crippen molar-refractivity contribution < 1.29 is 14.7 Å². The van der Waals surface area contributed by atoms with Gasteiger partial charge in [-0.25, -0.2) is 4.79 Å². The van der Waals surface area contributed by atoms with E-state index in [4.69, 9.17) is 5.11 Å². The molecule has 23 heavy (non-hydrogen) atoms. The van der Waals surface area contributed by atoms with E-state index < -0.39 is 29.7 Å². The van der Waals surface area contributed by atoms with Gasteiger partial charge in [0.15, 0.2) is 0 Å². The smallest absolute Gasteiger partial charge is 0.328 e. The summed E-state index contributed by atoms with van der Waals surface area (Å²) in [6.07, 6.45) is 1.19. The third-order valence-electron chi connectivity index (χ3n) is 2.89. The van der Waals surface area contributed by atoms with Crippen LogP contribution in [0.2, 0.25) is 0 Å². The number of rotatable bonds is 7. The maximum atomic E-state index is 12.2. The van der Waals surface area contributed by atoms with E-state index in [1.165, 1.54) is 13.1 Å². The zero-order valence-corrected chi connectivity index (χ0v) is 12.9. The molecule has 9 nitrogen and oxygen atoms in total. The van der Waals surface area contributed by atoms with Crippen molar-refractivity contribution in [1.82, 2.24) is 19.8 Å². The SMILES string of the molecule is CC#Cc1cn(CC(=O)N(CCNC)CC(=O)O)c(=O)[nH]c1=O. The summed E-state index contributed by atoms with van der Waals surface area (Å²) in [6.45, 7) is 1.27. The predicted octanol–water partition coefficient (Wildman–Crippen LogP) is -1.96. The summed E-state index contributed by atoms with van der Waals surface area (Å²) in [4.78, 5) is 49.5. The molecule has 1 aromatic heterocycles. The van der Waals surface area contributed by atoms with E-state index in [2.05, 4.69) is 22.1 Å². The van der Waals surface area contributed by atoms with Gasteiger partial charge >= 0.3 is 11.7 Å². The highest BCUT2D eigenvalue weighted by Gasteiger charge is 2.17. The zero-order chi connectivity index (χ0) is 17.4. The first-order valence-electron chi connectivity index (χ1n) is 6.79.